The number of carbonyl (C=O) groups is 1. The van der Waals surface area contributed by atoms with E-state index in [1.807, 2.05) is 13.0 Å². The van der Waals surface area contributed by atoms with Gasteiger partial charge in [0.2, 0.25) is 0 Å². The number of aromatic nitrogens is 1. The van der Waals surface area contributed by atoms with Crippen molar-refractivity contribution < 1.29 is 14.6 Å². The average Bonchev–Trinajstić information content (AvgIpc) is 2.89. The Bertz CT molecular complexity index is 918. The van der Waals surface area contributed by atoms with E-state index in [1.54, 1.807) is 30.3 Å². The molecule has 3 rings (SSSR count). The molecule has 0 saturated carbocycles. The van der Waals surface area contributed by atoms with Crippen molar-refractivity contribution in [2.45, 2.75) is 13.3 Å². The zero-order valence-corrected chi connectivity index (χ0v) is 14.4. The second kappa shape index (κ2) is 6.75. The molecule has 1 aromatic heterocycles. The second-order valence-electron chi connectivity index (χ2n) is 5.28. The van der Waals surface area contributed by atoms with Crippen molar-refractivity contribution in [3.05, 3.63) is 52.0 Å². The third-order valence-corrected chi connectivity index (χ3v) is 4.28. The zero-order chi connectivity index (χ0) is 17.3. The van der Waals surface area contributed by atoms with Gasteiger partial charge in [-0.25, -0.2) is 0 Å². The van der Waals surface area contributed by atoms with Gasteiger partial charge >= 0.3 is 5.97 Å². The Labute approximate surface area is 149 Å². The van der Waals surface area contributed by atoms with Crippen LogP contribution in [0.4, 0.5) is 0 Å². The molecule has 0 fully saturated rings. The fraction of sp³-hybridized carbons (Fsp3) is 0.167. The van der Waals surface area contributed by atoms with E-state index in [4.69, 9.17) is 27.9 Å². The molecule has 2 aromatic carbocycles. The van der Waals surface area contributed by atoms with E-state index < -0.39 is 5.97 Å². The molecular formula is C18H15Cl2NO3. The number of hydrogen-bond donors (Lipinski definition) is 2. The van der Waals surface area contributed by atoms with Crippen LogP contribution in [0.2, 0.25) is 10.0 Å². The first-order valence-electron chi connectivity index (χ1n) is 7.44. The maximum atomic E-state index is 11.4. The topological polar surface area (TPSA) is 62.3 Å². The van der Waals surface area contributed by atoms with Crippen LogP contribution in [0.3, 0.4) is 0 Å². The number of H-pyrrole nitrogens is 1. The normalized spacial score (nSPS) is 11.0. The van der Waals surface area contributed by atoms with Crippen molar-refractivity contribution in [2.75, 3.05) is 6.61 Å². The Morgan fingerprint density at radius 2 is 2.04 bits per heavy atom. The van der Waals surface area contributed by atoms with Crippen molar-refractivity contribution in [3.63, 3.8) is 0 Å². The molecule has 3 aromatic rings. The third-order valence-electron chi connectivity index (χ3n) is 3.73. The van der Waals surface area contributed by atoms with Crippen LogP contribution >= 0.6 is 23.2 Å². The summed E-state index contributed by atoms with van der Waals surface area (Å²) in [6, 6.07) is 10.7. The van der Waals surface area contributed by atoms with Gasteiger partial charge in [-0.3, -0.25) is 4.79 Å². The number of rotatable bonds is 5. The minimum Gasteiger partial charge on any atom is -0.493 e. The molecule has 0 amide bonds. The monoisotopic (exact) mass is 363 g/mol. The number of fused-ring (bicyclic) bond motifs is 1. The summed E-state index contributed by atoms with van der Waals surface area (Å²) in [5, 5.41) is 11.2. The minimum atomic E-state index is -0.919. The van der Waals surface area contributed by atoms with Crippen LogP contribution in [0.5, 0.6) is 5.75 Å². The van der Waals surface area contributed by atoms with Gasteiger partial charge in [0.1, 0.15) is 5.75 Å². The van der Waals surface area contributed by atoms with E-state index in [0.717, 1.165) is 5.39 Å². The molecule has 0 aliphatic carbocycles. The van der Waals surface area contributed by atoms with Gasteiger partial charge in [0.05, 0.1) is 29.3 Å². The molecule has 6 heteroatoms. The fourth-order valence-corrected chi connectivity index (χ4v) is 3.18. The SMILES string of the molecule is CCOc1ccc(Cl)cc1-c1[nH]c2c(Cl)cccc2c1CC(=O)O. The van der Waals surface area contributed by atoms with Gasteiger partial charge in [-0.15, -0.1) is 0 Å². The van der Waals surface area contributed by atoms with Gasteiger partial charge < -0.3 is 14.8 Å². The Hall–Kier alpha value is -2.17. The number of hydrogen-bond acceptors (Lipinski definition) is 2. The molecule has 0 bridgehead atoms. The first-order valence-corrected chi connectivity index (χ1v) is 8.20. The lowest BCUT2D eigenvalue weighted by Crippen LogP contribution is -2.02. The first kappa shape index (κ1) is 16.7. The van der Waals surface area contributed by atoms with Crippen molar-refractivity contribution in [1.82, 2.24) is 4.98 Å². The number of aromatic amines is 1. The van der Waals surface area contributed by atoms with Crippen LogP contribution in [0.25, 0.3) is 22.2 Å². The number of para-hydroxylation sites is 1. The smallest absolute Gasteiger partial charge is 0.307 e. The number of halogens is 2. The van der Waals surface area contributed by atoms with Crippen LogP contribution in [-0.4, -0.2) is 22.7 Å². The zero-order valence-electron chi connectivity index (χ0n) is 12.9. The van der Waals surface area contributed by atoms with Crippen LogP contribution in [0.1, 0.15) is 12.5 Å². The molecule has 4 nitrogen and oxygen atoms in total. The van der Waals surface area contributed by atoms with Crippen LogP contribution < -0.4 is 4.74 Å². The molecule has 0 atom stereocenters. The number of nitrogens with one attached hydrogen (secondary N) is 1. The maximum Gasteiger partial charge on any atom is 0.307 e. The van der Waals surface area contributed by atoms with Gasteiger partial charge in [-0.2, -0.15) is 0 Å². The largest absolute Gasteiger partial charge is 0.493 e. The molecular weight excluding hydrogens is 349 g/mol. The van der Waals surface area contributed by atoms with Gasteiger partial charge in [0.25, 0.3) is 0 Å². The lowest BCUT2D eigenvalue weighted by atomic mass is 10.0. The molecule has 0 spiro atoms. The fourth-order valence-electron chi connectivity index (χ4n) is 2.78. The number of benzene rings is 2. The van der Waals surface area contributed by atoms with Crippen molar-refractivity contribution in [3.8, 4) is 17.0 Å². The van der Waals surface area contributed by atoms with E-state index in [1.165, 1.54) is 0 Å². The summed E-state index contributed by atoms with van der Waals surface area (Å²) < 4.78 is 5.67. The molecule has 2 N–H and O–H groups in total. The Balaban J connectivity index is 2.31. The van der Waals surface area contributed by atoms with Crippen molar-refractivity contribution in [2.24, 2.45) is 0 Å². The standard InChI is InChI=1S/C18H15Cl2NO3/c1-2-24-15-7-6-10(19)8-13(15)17-12(9-16(22)23)11-4-3-5-14(20)18(11)21-17/h3-8,21H,2,9H2,1H3,(H,22,23). The number of aliphatic carboxylic acids is 1. The summed E-state index contributed by atoms with van der Waals surface area (Å²) in [4.78, 5) is 14.6. The van der Waals surface area contributed by atoms with Crippen LogP contribution in [0, 0.1) is 0 Å². The van der Waals surface area contributed by atoms with E-state index in [9.17, 15) is 9.90 Å². The average molecular weight is 364 g/mol. The molecule has 0 radical (unpaired) electrons. The molecule has 0 aliphatic rings. The minimum absolute atomic E-state index is 0.131. The van der Waals surface area contributed by atoms with Crippen LogP contribution in [-0.2, 0) is 11.2 Å². The summed E-state index contributed by atoms with van der Waals surface area (Å²) in [5.74, 6) is -0.284. The molecule has 24 heavy (non-hydrogen) atoms. The van der Waals surface area contributed by atoms with Gasteiger partial charge in [0, 0.05) is 16.0 Å². The van der Waals surface area contributed by atoms with Crippen molar-refractivity contribution in [1.29, 1.82) is 0 Å². The van der Waals surface area contributed by atoms with E-state index >= 15 is 0 Å². The van der Waals surface area contributed by atoms with Gasteiger partial charge in [-0.05, 0) is 36.8 Å². The van der Waals surface area contributed by atoms with Gasteiger partial charge in [0.15, 0.2) is 0 Å². The van der Waals surface area contributed by atoms with Crippen molar-refractivity contribution >= 4 is 40.1 Å². The Morgan fingerprint density at radius 3 is 2.75 bits per heavy atom. The predicted molar refractivity (Wildman–Crippen MR) is 96.3 cm³/mol. The first-order chi connectivity index (χ1) is 11.5. The molecule has 1 heterocycles. The summed E-state index contributed by atoms with van der Waals surface area (Å²) in [6.07, 6.45) is -0.131. The quantitative estimate of drug-likeness (QED) is 0.657. The highest BCUT2D eigenvalue weighted by atomic mass is 35.5. The Kier molecular flexibility index (Phi) is 4.69. The van der Waals surface area contributed by atoms with Crippen LogP contribution in [0.15, 0.2) is 36.4 Å². The van der Waals surface area contributed by atoms with E-state index in [-0.39, 0.29) is 6.42 Å². The van der Waals surface area contributed by atoms with E-state index in [2.05, 4.69) is 4.98 Å². The summed E-state index contributed by atoms with van der Waals surface area (Å²) in [5.41, 5.74) is 2.73. The lowest BCUT2D eigenvalue weighted by molar-refractivity contribution is -0.136. The molecule has 124 valence electrons. The molecule has 0 unspecified atom stereocenters. The number of carboxylic acids is 1. The lowest BCUT2D eigenvalue weighted by Gasteiger charge is -2.11. The highest BCUT2D eigenvalue weighted by Crippen LogP contribution is 2.39. The maximum absolute atomic E-state index is 11.4. The number of carboxylic acid groups (broad SMARTS) is 1. The molecule has 0 aliphatic heterocycles. The molecule has 0 saturated heterocycles. The van der Waals surface area contributed by atoms with E-state index in [0.29, 0.717) is 44.7 Å². The highest BCUT2D eigenvalue weighted by molar-refractivity contribution is 6.35. The van der Waals surface area contributed by atoms with Gasteiger partial charge in [-0.1, -0.05) is 35.3 Å². The summed E-state index contributed by atoms with van der Waals surface area (Å²) in [6.45, 7) is 2.38. The number of ether oxygens (including phenoxy) is 1. The second-order valence-corrected chi connectivity index (χ2v) is 6.13. The highest BCUT2D eigenvalue weighted by Gasteiger charge is 2.20. The predicted octanol–water partition coefficient (Wildman–Crippen LogP) is 5.17. The third kappa shape index (κ3) is 3.07. The summed E-state index contributed by atoms with van der Waals surface area (Å²) in [7, 11) is 0. The Morgan fingerprint density at radius 1 is 1.25 bits per heavy atom. The summed E-state index contributed by atoms with van der Waals surface area (Å²) >= 11 is 12.4.